The molecule has 10 heteroatoms. The van der Waals surface area contributed by atoms with Crippen LogP contribution in [0, 0.1) is 0 Å². The molecule has 0 saturated carbocycles. The predicted molar refractivity (Wildman–Crippen MR) is 97.7 cm³/mol. The normalized spacial score (nSPS) is 20.9. The molecular weight excluding hydrogens is 393 g/mol. The number of nitrogens with zero attached hydrogens (tertiary/aromatic N) is 2. The van der Waals surface area contributed by atoms with Gasteiger partial charge >= 0.3 is 6.18 Å². The number of hydrogen-bond acceptors (Lipinski definition) is 5. The number of ether oxygens (including phenoxy) is 2. The fraction of sp³-hybridized carbons (Fsp3) is 0.579. The van der Waals surface area contributed by atoms with Crippen molar-refractivity contribution < 1.29 is 37.3 Å². The zero-order valence-corrected chi connectivity index (χ0v) is 15.9. The first-order valence-corrected chi connectivity index (χ1v) is 9.32. The summed E-state index contributed by atoms with van der Waals surface area (Å²) in [6.07, 6.45) is -4.15. The van der Waals surface area contributed by atoms with Gasteiger partial charge in [-0.1, -0.05) is 12.1 Å². The molecule has 7 nitrogen and oxygen atoms in total. The van der Waals surface area contributed by atoms with Gasteiger partial charge < -0.3 is 19.5 Å². The Kier molecular flexibility index (Phi) is 8.87. The smallest absolute Gasteiger partial charge is 0.417 e. The first-order chi connectivity index (χ1) is 13.9. The molecule has 1 aromatic rings. The molecule has 2 fully saturated rings. The zero-order valence-electron chi connectivity index (χ0n) is 15.9. The molecule has 1 amide bonds. The summed E-state index contributed by atoms with van der Waals surface area (Å²) in [6, 6.07) is 4.95. The number of benzene rings is 1. The molecule has 3 rings (SSSR count). The van der Waals surface area contributed by atoms with Crippen molar-refractivity contribution in [3.8, 4) is 0 Å². The summed E-state index contributed by atoms with van der Waals surface area (Å²) in [4.78, 5) is 24.8. The molecular formula is C19H25F3N2O5. The fourth-order valence-electron chi connectivity index (χ4n) is 3.35. The molecule has 2 heterocycles. The van der Waals surface area contributed by atoms with Gasteiger partial charge in [-0.3, -0.25) is 14.5 Å². The number of carbonyl (C=O) groups is 2. The lowest BCUT2D eigenvalue weighted by molar-refractivity contribution is -0.138. The summed E-state index contributed by atoms with van der Waals surface area (Å²) < 4.78 is 50.8. The first-order valence-electron chi connectivity index (χ1n) is 9.32. The Labute approximate surface area is 167 Å². The topological polar surface area (TPSA) is 79.3 Å². The summed E-state index contributed by atoms with van der Waals surface area (Å²) in [5.74, 6) is -0.588. The Morgan fingerprint density at radius 2 is 1.83 bits per heavy atom. The van der Waals surface area contributed by atoms with E-state index in [4.69, 9.17) is 19.4 Å². The number of carboxylic acid groups (broad SMARTS) is 1. The van der Waals surface area contributed by atoms with Crippen LogP contribution in [-0.4, -0.2) is 85.9 Å². The molecule has 1 N–H and O–H groups in total. The maximum atomic E-state index is 13.2. The molecule has 162 valence electrons. The minimum atomic E-state index is -4.55. The highest BCUT2D eigenvalue weighted by molar-refractivity contribution is 5.96. The number of halogens is 3. The van der Waals surface area contributed by atoms with Gasteiger partial charge in [-0.2, -0.15) is 13.2 Å². The van der Waals surface area contributed by atoms with Crippen molar-refractivity contribution >= 4 is 12.4 Å². The van der Waals surface area contributed by atoms with E-state index < -0.39 is 17.6 Å². The summed E-state index contributed by atoms with van der Waals surface area (Å²) in [6.45, 7) is 4.50. The summed E-state index contributed by atoms with van der Waals surface area (Å²) >= 11 is 0. The van der Waals surface area contributed by atoms with E-state index in [1.165, 1.54) is 23.1 Å². The summed E-state index contributed by atoms with van der Waals surface area (Å²) in [7, 11) is 0. The third-order valence-corrected chi connectivity index (χ3v) is 4.67. The average Bonchev–Trinajstić information content (AvgIpc) is 2.94. The maximum Gasteiger partial charge on any atom is 0.417 e. The Bertz CT molecular complexity index is 665. The Morgan fingerprint density at radius 3 is 2.48 bits per heavy atom. The number of rotatable bonds is 3. The number of amides is 1. The van der Waals surface area contributed by atoms with Crippen molar-refractivity contribution in [3.05, 3.63) is 35.4 Å². The molecule has 0 bridgehead atoms. The second kappa shape index (κ2) is 11.1. The minimum Gasteiger partial charge on any atom is -0.483 e. The molecule has 1 unspecified atom stereocenters. The lowest BCUT2D eigenvalue weighted by Gasteiger charge is -2.31. The van der Waals surface area contributed by atoms with Crippen molar-refractivity contribution in [3.63, 3.8) is 0 Å². The van der Waals surface area contributed by atoms with Crippen LogP contribution in [0.15, 0.2) is 24.3 Å². The number of carbonyl (C=O) groups excluding carboxylic acids is 1. The highest BCUT2D eigenvalue weighted by Gasteiger charge is 2.36. The molecule has 0 radical (unpaired) electrons. The largest absolute Gasteiger partial charge is 0.483 e. The highest BCUT2D eigenvalue weighted by atomic mass is 19.4. The number of alkyl halides is 3. The van der Waals surface area contributed by atoms with Crippen LogP contribution in [0.5, 0.6) is 0 Å². The van der Waals surface area contributed by atoms with Crippen molar-refractivity contribution in [1.82, 2.24) is 9.80 Å². The molecule has 2 aliphatic rings. The van der Waals surface area contributed by atoms with E-state index >= 15 is 0 Å². The van der Waals surface area contributed by atoms with Crippen molar-refractivity contribution in [2.45, 2.75) is 18.7 Å². The molecule has 1 atom stereocenters. The predicted octanol–water partition coefficient (Wildman–Crippen LogP) is 1.97. The fourth-order valence-corrected chi connectivity index (χ4v) is 3.35. The van der Waals surface area contributed by atoms with Gasteiger partial charge in [0.1, 0.15) is 0 Å². The SMILES string of the molecule is O=C(c1ccccc1C(F)(F)F)N1CCCOC(CN2CCOCC2)C1.O=CO. The van der Waals surface area contributed by atoms with Gasteiger partial charge in [0.25, 0.3) is 12.4 Å². The highest BCUT2D eigenvalue weighted by Crippen LogP contribution is 2.32. The lowest BCUT2D eigenvalue weighted by Crippen LogP contribution is -2.46. The monoisotopic (exact) mass is 418 g/mol. The van der Waals surface area contributed by atoms with Crippen LogP contribution >= 0.6 is 0 Å². The van der Waals surface area contributed by atoms with Crippen LogP contribution in [-0.2, 0) is 20.4 Å². The van der Waals surface area contributed by atoms with Crippen molar-refractivity contribution in [1.29, 1.82) is 0 Å². The van der Waals surface area contributed by atoms with Gasteiger partial charge in [0, 0.05) is 39.3 Å². The van der Waals surface area contributed by atoms with Crippen LogP contribution in [0.1, 0.15) is 22.3 Å². The van der Waals surface area contributed by atoms with Gasteiger partial charge in [0.15, 0.2) is 0 Å². The Balaban J connectivity index is 0.000000941. The van der Waals surface area contributed by atoms with E-state index in [-0.39, 0.29) is 18.1 Å². The summed E-state index contributed by atoms with van der Waals surface area (Å²) in [5.41, 5.74) is -1.19. The van der Waals surface area contributed by atoms with Gasteiger partial charge in [-0.25, -0.2) is 0 Å². The van der Waals surface area contributed by atoms with E-state index in [0.29, 0.717) is 45.9 Å². The van der Waals surface area contributed by atoms with E-state index in [9.17, 15) is 18.0 Å². The molecule has 0 aromatic heterocycles. The standard InChI is InChI=1S/C18H23F3N2O3.CH2O2/c19-18(20,21)16-5-2-1-4-15(16)17(24)23-6-3-9-26-14(13-23)12-22-7-10-25-11-8-22;2-1-3/h1-2,4-5,14H,3,6-13H2;1H,(H,2,3). The van der Waals surface area contributed by atoms with E-state index in [1.54, 1.807) is 0 Å². The third-order valence-electron chi connectivity index (χ3n) is 4.67. The van der Waals surface area contributed by atoms with Gasteiger partial charge in [-0.05, 0) is 18.6 Å². The van der Waals surface area contributed by atoms with E-state index in [0.717, 1.165) is 19.2 Å². The Morgan fingerprint density at radius 1 is 1.17 bits per heavy atom. The molecule has 0 spiro atoms. The second-order valence-electron chi connectivity index (χ2n) is 6.66. The number of hydrogen-bond donors (Lipinski definition) is 1. The van der Waals surface area contributed by atoms with Crippen LogP contribution in [0.2, 0.25) is 0 Å². The van der Waals surface area contributed by atoms with Crippen molar-refractivity contribution in [2.75, 3.05) is 52.5 Å². The van der Waals surface area contributed by atoms with Gasteiger partial charge in [-0.15, -0.1) is 0 Å². The molecule has 0 aliphatic carbocycles. The average molecular weight is 418 g/mol. The van der Waals surface area contributed by atoms with Gasteiger partial charge in [0.05, 0.1) is 30.4 Å². The number of morpholine rings is 1. The lowest BCUT2D eigenvalue weighted by atomic mass is 10.1. The van der Waals surface area contributed by atoms with Crippen molar-refractivity contribution in [2.24, 2.45) is 0 Å². The molecule has 29 heavy (non-hydrogen) atoms. The third kappa shape index (κ3) is 6.98. The minimum absolute atomic E-state index is 0.211. The van der Waals surface area contributed by atoms with E-state index in [1.807, 2.05) is 0 Å². The zero-order chi connectivity index (χ0) is 21.3. The summed E-state index contributed by atoms with van der Waals surface area (Å²) in [5, 5.41) is 6.89. The van der Waals surface area contributed by atoms with E-state index in [2.05, 4.69) is 4.90 Å². The maximum absolute atomic E-state index is 13.2. The van der Waals surface area contributed by atoms with Crippen LogP contribution < -0.4 is 0 Å². The molecule has 2 saturated heterocycles. The molecule has 2 aliphatic heterocycles. The second-order valence-corrected chi connectivity index (χ2v) is 6.66. The van der Waals surface area contributed by atoms with Crippen LogP contribution in [0.25, 0.3) is 0 Å². The molecule has 1 aromatic carbocycles. The van der Waals surface area contributed by atoms with Gasteiger partial charge in [0.2, 0.25) is 0 Å². The quantitative estimate of drug-likeness (QED) is 0.757. The van der Waals surface area contributed by atoms with Crippen LogP contribution in [0.4, 0.5) is 13.2 Å². The first kappa shape index (κ1) is 23.1. The van der Waals surface area contributed by atoms with Crippen LogP contribution in [0.3, 0.4) is 0 Å². The Hall–Kier alpha value is -2.17.